The topological polar surface area (TPSA) is 51.2 Å². The zero-order chi connectivity index (χ0) is 14.9. The number of nitrogens with one attached hydrogen (secondary N) is 1. The van der Waals surface area contributed by atoms with Crippen molar-refractivity contribution >= 4 is 11.6 Å². The van der Waals surface area contributed by atoms with Crippen LogP contribution in [0.3, 0.4) is 0 Å². The molecule has 0 spiro atoms. The van der Waals surface area contributed by atoms with Gasteiger partial charge in [-0.2, -0.15) is 0 Å². The highest BCUT2D eigenvalue weighted by Crippen LogP contribution is 2.30. The maximum Gasteiger partial charge on any atom is 0.126 e. The number of hydrazine groups is 1. The van der Waals surface area contributed by atoms with Crippen molar-refractivity contribution in [2.45, 2.75) is 33.2 Å². The molecule has 20 heavy (non-hydrogen) atoms. The van der Waals surface area contributed by atoms with Gasteiger partial charge in [-0.25, -0.2) is 4.39 Å². The van der Waals surface area contributed by atoms with Gasteiger partial charge in [-0.1, -0.05) is 11.6 Å². The lowest BCUT2D eigenvalue weighted by Gasteiger charge is -2.17. The first kappa shape index (κ1) is 15.0. The minimum absolute atomic E-state index is 0.222. The van der Waals surface area contributed by atoms with Gasteiger partial charge >= 0.3 is 0 Å². The van der Waals surface area contributed by atoms with Crippen LogP contribution in [0.25, 0.3) is 0 Å². The van der Waals surface area contributed by atoms with E-state index in [1.165, 1.54) is 12.1 Å². The van der Waals surface area contributed by atoms with E-state index in [9.17, 15) is 4.39 Å². The first-order valence-electron chi connectivity index (χ1n) is 6.40. The summed E-state index contributed by atoms with van der Waals surface area (Å²) in [5, 5.41) is 0.508. The van der Waals surface area contributed by atoms with Gasteiger partial charge in [0, 0.05) is 10.6 Å². The molecule has 0 bridgehead atoms. The predicted octanol–water partition coefficient (Wildman–Crippen LogP) is 3.74. The molecule has 1 aromatic carbocycles. The van der Waals surface area contributed by atoms with E-state index < -0.39 is 0 Å². The molecule has 2 aromatic rings. The van der Waals surface area contributed by atoms with Gasteiger partial charge in [-0.3, -0.25) is 11.3 Å². The van der Waals surface area contributed by atoms with Crippen molar-refractivity contribution < 1.29 is 8.81 Å². The number of rotatable bonds is 4. The molecule has 108 valence electrons. The minimum atomic E-state index is -0.287. The summed E-state index contributed by atoms with van der Waals surface area (Å²) in [4.78, 5) is 0. The maximum atomic E-state index is 13.8. The molecule has 1 unspecified atom stereocenters. The van der Waals surface area contributed by atoms with Crippen molar-refractivity contribution in [1.82, 2.24) is 5.43 Å². The summed E-state index contributed by atoms with van der Waals surface area (Å²) in [7, 11) is 0. The van der Waals surface area contributed by atoms with Gasteiger partial charge in [0.15, 0.2) is 0 Å². The highest BCUT2D eigenvalue weighted by atomic mass is 35.5. The summed E-state index contributed by atoms with van der Waals surface area (Å²) in [6, 6.07) is 4.30. The van der Waals surface area contributed by atoms with E-state index in [2.05, 4.69) is 5.43 Å². The third-order valence-corrected chi connectivity index (χ3v) is 3.83. The fourth-order valence-corrected chi connectivity index (χ4v) is 2.68. The van der Waals surface area contributed by atoms with Crippen LogP contribution in [-0.2, 0) is 6.42 Å². The lowest BCUT2D eigenvalue weighted by atomic mass is 9.96. The van der Waals surface area contributed by atoms with Crippen molar-refractivity contribution in [3.05, 3.63) is 57.2 Å². The zero-order valence-electron chi connectivity index (χ0n) is 11.8. The van der Waals surface area contributed by atoms with E-state index in [0.717, 1.165) is 22.6 Å². The molecule has 0 aliphatic heterocycles. The number of benzene rings is 1. The lowest BCUT2D eigenvalue weighted by Crippen LogP contribution is -2.30. The molecule has 0 saturated heterocycles. The van der Waals surface area contributed by atoms with Crippen LogP contribution in [0.1, 0.15) is 34.3 Å². The first-order valence-corrected chi connectivity index (χ1v) is 6.78. The summed E-state index contributed by atoms with van der Waals surface area (Å²) in [6.07, 6.45) is 0.406. The van der Waals surface area contributed by atoms with Gasteiger partial charge in [0.2, 0.25) is 0 Å². The lowest BCUT2D eigenvalue weighted by molar-refractivity contribution is 0.481. The zero-order valence-corrected chi connectivity index (χ0v) is 12.5. The monoisotopic (exact) mass is 296 g/mol. The van der Waals surface area contributed by atoms with Crippen LogP contribution in [0.4, 0.5) is 4.39 Å². The Kier molecular flexibility index (Phi) is 4.48. The molecule has 1 aromatic heterocycles. The Balaban J connectivity index is 2.36. The Morgan fingerprint density at radius 3 is 2.55 bits per heavy atom. The quantitative estimate of drug-likeness (QED) is 0.667. The standard InChI is InChI=1S/C15H18ClFN2O/c1-8-9(2)20-10(3)15(8)14(19-18)7-11-6-12(16)4-5-13(11)17/h4-6,14,19H,7,18H2,1-3H3. The molecule has 1 atom stereocenters. The smallest absolute Gasteiger partial charge is 0.126 e. The predicted molar refractivity (Wildman–Crippen MR) is 78.1 cm³/mol. The Bertz CT molecular complexity index is 625. The molecule has 1 heterocycles. The van der Waals surface area contributed by atoms with E-state index in [1.807, 2.05) is 20.8 Å². The second-order valence-corrected chi connectivity index (χ2v) is 5.35. The molecule has 0 aliphatic carbocycles. The summed E-state index contributed by atoms with van der Waals surface area (Å²) in [5.41, 5.74) is 5.28. The van der Waals surface area contributed by atoms with Crippen molar-refractivity contribution in [2.24, 2.45) is 5.84 Å². The summed E-state index contributed by atoms with van der Waals surface area (Å²) in [5.74, 6) is 7.00. The van der Waals surface area contributed by atoms with Crippen LogP contribution in [-0.4, -0.2) is 0 Å². The van der Waals surface area contributed by atoms with Crippen molar-refractivity contribution in [2.75, 3.05) is 0 Å². The Labute approximate surface area is 122 Å². The molecule has 3 nitrogen and oxygen atoms in total. The summed E-state index contributed by atoms with van der Waals surface area (Å²) >= 11 is 5.92. The largest absolute Gasteiger partial charge is 0.466 e. The molecular weight excluding hydrogens is 279 g/mol. The average Bonchev–Trinajstić information content (AvgIpc) is 2.65. The SMILES string of the molecule is Cc1oc(C)c(C(Cc2cc(Cl)ccc2F)NN)c1C. The molecule has 0 amide bonds. The van der Waals surface area contributed by atoms with Gasteiger partial charge < -0.3 is 4.42 Å². The minimum Gasteiger partial charge on any atom is -0.466 e. The first-order chi connectivity index (χ1) is 9.43. The van der Waals surface area contributed by atoms with Crippen LogP contribution in [0.15, 0.2) is 22.6 Å². The van der Waals surface area contributed by atoms with Gasteiger partial charge in [0.25, 0.3) is 0 Å². The molecule has 0 aliphatic rings. The molecule has 3 N–H and O–H groups in total. The van der Waals surface area contributed by atoms with Crippen molar-refractivity contribution in [3.63, 3.8) is 0 Å². The van der Waals surface area contributed by atoms with Gasteiger partial charge in [0.1, 0.15) is 17.3 Å². The second-order valence-electron chi connectivity index (χ2n) is 4.91. The van der Waals surface area contributed by atoms with Gasteiger partial charge in [-0.15, -0.1) is 0 Å². The van der Waals surface area contributed by atoms with Crippen molar-refractivity contribution in [1.29, 1.82) is 0 Å². The average molecular weight is 297 g/mol. The normalized spacial score (nSPS) is 12.7. The molecule has 0 radical (unpaired) electrons. The number of halogens is 2. The third-order valence-electron chi connectivity index (χ3n) is 3.60. The third kappa shape index (κ3) is 2.87. The summed E-state index contributed by atoms with van der Waals surface area (Å²) in [6.45, 7) is 5.76. The molecule has 0 saturated carbocycles. The number of hydrogen-bond acceptors (Lipinski definition) is 3. The van der Waals surface area contributed by atoms with Crippen LogP contribution in [0.2, 0.25) is 5.02 Å². The Morgan fingerprint density at radius 1 is 1.30 bits per heavy atom. The van der Waals surface area contributed by atoms with E-state index >= 15 is 0 Å². The van der Waals surface area contributed by atoms with Gasteiger partial charge in [0.05, 0.1) is 6.04 Å². The molecule has 0 fully saturated rings. The number of aryl methyl sites for hydroxylation is 2. The van der Waals surface area contributed by atoms with E-state index in [-0.39, 0.29) is 11.9 Å². The van der Waals surface area contributed by atoms with Crippen molar-refractivity contribution in [3.8, 4) is 0 Å². The molecule has 5 heteroatoms. The number of furan rings is 1. The Morgan fingerprint density at radius 2 is 2.00 bits per heavy atom. The van der Waals surface area contributed by atoms with E-state index in [4.69, 9.17) is 21.9 Å². The van der Waals surface area contributed by atoms with Crippen LogP contribution in [0, 0.1) is 26.6 Å². The highest BCUT2D eigenvalue weighted by molar-refractivity contribution is 6.30. The fraction of sp³-hybridized carbons (Fsp3) is 0.333. The molecule has 2 rings (SSSR count). The van der Waals surface area contributed by atoms with E-state index in [1.54, 1.807) is 6.07 Å². The maximum absolute atomic E-state index is 13.8. The van der Waals surface area contributed by atoms with E-state index in [0.29, 0.717) is 17.0 Å². The molecular formula is C15H18ClFN2O. The van der Waals surface area contributed by atoms with Crippen LogP contribution in [0.5, 0.6) is 0 Å². The van der Waals surface area contributed by atoms with Crippen LogP contribution < -0.4 is 11.3 Å². The Hall–Kier alpha value is -1.36. The van der Waals surface area contributed by atoms with Crippen LogP contribution >= 0.6 is 11.6 Å². The highest BCUT2D eigenvalue weighted by Gasteiger charge is 2.21. The second kappa shape index (κ2) is 5.95. The fourth-order valence-electron chi connectivity index (χ4n) is 2.49. The number of nitrogens with two attached hydrogens (primary N) is 1. The van der Waals surface area contributed by atoms with Gasteiger partial charge in [-0.05, 0) is 56.5 Å². The summed E-state index contributed by atoms with van der Waals surface area (Å²) < 4.78 is 19.4. The number of hydrogen-bond donors (Lipinski definition) is 2.